The fourth-order valence-electron chi connectivity index (χ4n) is 3.25. The van der Waals surface area contributed by atoms with Gasteiger partial charge in [-0.05, 0) is 31.5 Å². The van der Waals surface area contributed by atoms with Crippen LogP contribution in [-0.2, 0) is 6.54 Å². The normalized spacial score (nSPS) is 25.3. The Labute approximate surface area is 122 Å². The molecule has 2 aliphatic rings. The van der Waals surface area contributed by atoms with Crippen LogP contribution in [0.15, 0.2) is 22.7 Å². The number of piperidine rings is 1. The molecule has 19 heavy (non-hydrogen) atoms. The molecule has 2 fully saturated rings. The fourth-order valence-corrected chi connectivity index (χ4v) is 3.59. The second kappa shape index (κ2) is 5.90. The largest absolute Gasteiger partial charge is 0.298 e. The van der Waals surface area contributed by atoms with Crippen LogP contribution >= 0.6 is 15.9 Å². The molecule has 2 nitrogen and oxygen atoms in total. The number of piperazine rings is 1. The monoisotopic (exact) mass is 326 g/mol. The van der Waals surface area contributed by atoms with Crippen molar-refractivity contribution in [3.8, 4) is 0 Å². The number of nitrogens with zero attached hydrogens (tertiary/aromatic N) is 2. The van der Waals surface area contributed by atoms with E-state index < -0.39 is 0 Å². The van der Waals surface area contributed by atoms with Crippen molar-refractivity contribution in [1.29, 1.82) is 0 Å². The Hall–Kier alpha value is -0.450. The molecule has 1 aromatic carbocycles. The predicted molar refractivity (Wildman–Crippen MR) is 78.6 cm³/mol. The Morgan fingerprint density at radius 2 is 2.11 bits per heavy atom. The highest BCUT2D eigenvalue weighted by atomic mass is 79.9. The first-order chi connectivity index (χ1) is 9.22. The molecular formula is C15H20BrFN2. The van der Waals surface area contributed by atoms with Crippen LogP contribution in [0.2, 0.25) is 0 Å². The first kappa shape index (κ1) is 13.5. The van der Waals surface area contributed by atoms with Crippen LogP contribution in [0.5, 0.6) is 0 Å². The molecule has 0 N–H and O–H groups in total. The fraction of sp³-hybridized carbons (Fsp3) is 0.600. The van der Waals surface area contributed by atoms with E-state index in [1.807, 2.05) is 12.1 Å². The second-order valence-corrected chi connectivity index (χ2v) is 6.57. The summed E-state index contributed by atoms with van der Waals surface area (Å²) in [5.74, 6) is -0.0968. The van der Waals surface area contributed by atoms with Gasteiger partial charge in [0.2, 0.25) is 0 Å². The lowest BCUT2D eigenvalue weighted by Crippen LogP contribution is -2.54. The predicted octanol–water partition coefficient (Wildman–Crippen LogP) is 3.26. The number of halogens is 2. The third-order valence-corrected chi connectivity index (χ3v) is 4.82. The van der Waals surface area contributed by atoms with Crippen LogP contribution in [0, 0.1) is 5.82 Å². The van der Waals surface area contributed by atoms with Crippen molar-refractivity contribution in [3.05, 3.63) is 34.1 Å². The minimum absolute atomic E-state index is 0.0968. The molecule has 2 heterocycles. The molecule has 0 saturated carbocycles. The lowest BCUT2D eigenvalue weighted by atomic mass is 9.99. The molecule has 0 spiro atoms. The summed E-state index contributed by atoms with van der Waals surface area (Å²) in [5.41, 5.74) is 0.812. The van der Waals surface area contributed by atoms with Crippen LogP contribution in [0.1, 0.15) is 24.8 Å². The molecule has 4 heteroatoms. The van der Waals surface area contributed by atoms with Gasteiger partial charge in [0.15, 0.2) is 0 Å². The average molecular weight is 327 g/mol. The van der Waals surface area contributed by atoms with Crippen LogP contribution in [0.4, 0.5) is 4.39 Å². The molecule has 2 saturated heterocycles. The molecule has 0 radical (unpaired) electrons. The van der Waals surface area contributed by atoms with Crippen molar-refractivity contribution in [2.24, 2.45) is 0 Å². The van der Waals surface area contributed by atoms with Gasteiger partial charge in [-0.2, -0.15) is 0 Å². The smallest absolute Gasteiger partial charge is 0.128 e. The minimum atomic E-state index is -0.0968. The van der Waals surface area contributed by atoms with E-state index in [9.17, 15) is 4.39 Å². The summed E-state index contributed by atoms with van der Waals surface area (Å²) in [7, 11) is 0. The average Bonchev–Trinajstić information content (AvgIpc) is 2.42. The van der Waals surface area contributed by atoms with Crippen LogP contribution in [-0.4, -0.2) is 42.0 Å². The van der Waals surface area contributed by atoms with Gasteiger partial charge in [0.25, 0.3) is 0 Å². The molecule has 3 rings (SSSR count). The van der Waals surface area contributed by atoms with E-state index in [4.69, 9.17) is 0 Å². The van der Waals surface area contributed by atoms with Crippen molar-refractivity contribution in [2.45, 2.75) is 31.8 Å². The van der Waals surface area contributed by atoms with Gasteiger partial charge in [-0.25, -0.2) is 4.39 Å². The Morgan fingerprint density at radius 1 is 1.21 bits per heavy atom. The molecule has 1 unspecified atom stereocenters. The zero-order valence-electron chi connectivity index (χ0n) is 11.1. The van der Waals surface area contributed by atoms with Crippen molar-refractivity contribution in [1.82, 2.24) is 9.80 Å². The van der Waals surface area contributed by atoms with Gasteiger partial charge in [-0.1, -0.05) is 28.4 Å². The molecule has 0 amide bonds. The number of fused-ring (bicyclic) bond motifs is 1. The summed E-state index contributed by atoms with van der Waals surface area (Å²) < 4.78 is 14.7. The van der Waals surface area contributed by atoms with Crippen molar-refractivity contribution in [2.75, 3.05) is 26.2 Å². The van der Waals surface area contributed by atoms with Gasteiger partial charge in [0, 0.05) is 42.3 Å². The quantitative estimate of drug-likeness (QED) is 0.823. The Morgan fingerprint density at radius 3 is 2.95 bits per heavy atom. The zero-order chi connectivity index (χ0) is 13.2. The summed E-state index contributed by atoms with van der Waals surface area (Å²) in [6, 6.07) is 6.08. The summed E-state index contributed by atoms with van der Waals surface area (Å²) >= 11 is 3.31. The minimum Gasteiger partial charge on any atom is -0.298 e. The SMILES string of the molecule is Fc1cc(Br)ccc1CN1CCN2CCCCC2C1. The summed E-state index contributed by atoms with van der Waals surface area (Å²) in [5, 5.41) is 0. The molecule has 104 valence electrons. The molecular weight excluding hydrogens is 307 g/mol. The number of hydrogen-bond donors (Lipinski definition) is 0. The number of hydrogen-bond acceptors (Lipinski definition) is 2. The maximum Gasteiger partial charge on any atom is 0.128 e. The third-order valence-electron chi connectivity index (χ3n) is 4.33. The first-order valence-corrected chi connectivity index (χ1v) is 7.92. The molecule has 0 bridgehead atoms. The van der Waals surface area contributed by atoms with Crippen LogP contribution in [0.25, 0.3) is 0 Å². The lowest BCUT2D eigenvalue weighted by molar-refractivity contribution is 0.0452. The third kappa shape index (κ3) is 3.18. The molecule has 0 aliphatic carbocycles. The Bertz CT molecular complexity index is 452. The maximum atomic E-state index is 13.9. The van der Waals surface area contributed by atoms with Gasteiger partial charge in [-0.15, -0.1) is 0 Å². The maximum absolute atomic E-state index is 13.9. The van der Waals surface area contributed by atoms with E-state index in [1.54, 1.807) is 6.07 Å². The van der Waals surface area contributed by atoms with Crippen molar-refractivity contribution >= 4 is 15.9 Å². The van der Waals surface area contributed by atoms with Gasteiger partial charge >= 0.3 is 0 Å². The number of benzene rings is 1. The highest BCUT2D eigenvalue weighted by Gasteiger charge is 2.28. The van der Waals surface area contributed by atoms with E-state index in [2.05, 4.69) is 25.7 Å². The molecule has 1 aromatic rings. The zero-order valence-corrected chi connectivity index (χ0v) is 12.7. The van der Waals surface area contributed by atoms with Crippen LogP contribution < -0.4 is 0 Å². The van der Waals surface area contributed by atoms with E-state index in [1.165, 1.54) is 25.8 Å². The molecule has 1 atom stereocenters. The van der Waals surface area contributed by atoms with Gasteiger partial charge in [0.1, 0.15) is 5.82 Å². The van der Waals surface area contributed by atoms with Gasteiger partial charge in [-0.3, -0.25) is 9.80 Å². The van der Waals surface area contributed by atoms with Crippen molar-refractivity contribution in [3.63, 3.8) is 0 Å². The Kier molecular flexibility index (Phi) is 4.20. The summed E-state index contributed by atoms with van der Waals surface area (Å²) in [4.78, 5) is 5.01. The van der Waals surface area contributed by atoms with E-state index in [-0.39, 0.29) is 5.82 Å². The van der Waals surface area contributed by atoms with Gasteiger partial charge < -0.3 is 0 Å². The highest BCUT2D eigenvalue weighted by Crippen LogP contribution is 2.23. The molecule has 2 aliphatic heterocycles. The van der Waals surface area contributed by atoms with Crippen molar-refractivity contribution < 1.29 is 4.39 Å². The topological polar surface area (TPSA) is 6.48 Å². The van der Waals surface area contributed by atoms with Gasteiger partial charge in [0.05, 0.1) is 0 Å². The first-order valence-electron chi connectivity index (χ1n) is 7.13. The van der Waals surface area contributed by atoms with E-state index in [0.717, 1.165) is 36.2 Å². The second-order valence-electron chi connectivity index (χ2n) is 5.66. The standard InChI is InChI=1S/C15H20BrFN2/c16-13-5-4-12(15(17)9-13)10-18-7-8-19-6-2-1-3-14(19)11-18/h4-5,9,14H,1-3,6-8,10-11H2. The lowest BCUT2D eigenvalue weighted by Gasteiger charge is -2.44. The highest BCUT2D eigenvalue weighted by molar-refractivity contribution is 9.10. The van der Waals surface area contributed by atoms with E-state index >= 15 is 0 Å². The van der Waals surface area contributed by atoms with Crippen LogP contribution in [0.3, 0.4) is 0 Å². The molecule has 0 aromatic heterocycles. The summed E-state index contributed by atoms with van der Waals surface area (Å²) in [6.07, 6.45) is 4.00. The summed E-state index contributed by atoms with van der Waals surface area (Å²) in [6.45, 7) is 5.29. The number of rotatable bonds is 2. The van der Waals surface area contributed by atoms with E-state index in [0.29, 0.717) is 6.04 Å². The Balaban J connectivity index is 1.64.